The summed E-state index contributed by atoms with van der Waals surface area (Å²) >= 11 is 0. The highest BCUT2D eigenvalue weighted by atomic mass is 19.1. The maximum absolute atomic E-state index is 13.4. The first-order valence-electron chi connectivity index (χ1n) is 7.60. The van der Waals surface area contributed by atoms with Crippen LogP contribution in [0, 0.1) is 29.0 Å². The molecule has 0 aliphatic carbocycles. The number of hydrogen-bond acceptors (Lipinski definition) is 2. The molecule has 0 aromatic heterocycles. The van der Waals surface area contributed by atoms with Gasteiger partial charge in [0.25, 0.3) is 0 Å². The minimum Gasteiger partial charge on any atom is -0.320 e. The molecular weight excluding hydrogens is 263 g/mol. The van der Waals surface area contributed by atoms with Gasteiger partial charge in [0.2, 0.25) is 0 Å². The van der Waals surface area contributed by atoms with Crippen LogP contribution in [0.4, 0.5) is 4.39 Å². The molecule has 1 aromatic rings. The molecule has 1 aliphatic rings. The van der Waals surface area contributed by atoms with Crippen LogP contribution in [0.3, 0.4) is 0 Å². The second-order valence-electron chi connectivity index (χ2n) is 6.89. The van der Waals surface area contributed by atoms with Gasteiger partial charge in [0, 0.05) is 18.7 Å². The van der Waals surface area contributed by atoms with Crippen molar-refractivity contribution in [3.05, 3.63) is 35.1 Å². The smallest absolute Gasteiger partial charge is 0.124 e. The van der Waals surface area contributed by atoms with E-state index in [9.17, 15) is 4.39 Å². The molecule has 1 aromatic carbocycles. The first kappa shape index (κ1) is 16.0. The zero-order chi connectivity index (χ0) is 15.5. The summed E-state index contributed by atoms with van der Waals surface area (Å²) < 4.78 is 13.4. The monoisotopic (exact) mass is 288 g/mol. The van der Waals surface area contributed by atoms with Crippen LogP contribution in [0.5, 0.6) is 0 Å². The number of halogens is 1. The minimum atomic E-state index is -0.242. The molecule has 1 heterocycles. The lowest BCUT2D eigenvalue weighted by Gasteiger charge is -2.27. The van der Waals surface area contributed by atoms with Gasteiger partial charge in [-0.15, -0.1) is 0 Å². The van der Waals surface area contributed by atoms with Crippen molar-refractivity contribution in [1.82, 2.24) is 4.90 Å². The van der Waals surface area contributed by atoms with Gasteiger partial charge in [-0.2, -0.15) is 0 Å². The second kappa shape index (κ2) is 6.60. The Morgan fingerprint density at radius 1 is 1.38 bits per heavy atom. The quantitative estimate of drug-likeness (QED) is 0.848. The van der Waals surface area contributed by atoms with Crippen LogP contribution in [0.1, 0.15) is 38.3 Å². The largest absolute Gasteiger partial charge is 0.320 e. The van der Waals surface area contributed by atoms with Crippen LogP contribution in [-0.2, 0) is 6.54 Å². The van der Waals surface area contributed by atoms with Gasteiger partial charge in [-0.05, 0) is 42.0 Å². The Bertz CT molecular complexity index is 549. The van der Waals surface area contributed by atoms with E-state index in [1.54, 1.807) is 0 Å². The van der Waals surface area contributed by atoms with E-state index in [1.807, 2.05) is 6.07 Å². The Balaban J connectivity index is 2.10. The van der Waals surface area contributed by atoms with Gasteiger partial charge in [-0.3, -0.25) is 4.90 Å². The van der Waals surface area contributed by atoms with Gasteiger partial charge in [0.05, 0.1) is 6.54 Å². The average molecular weight is 288 g/mol. The van der Waals surface area contributed by atoms with Crippen molar-refractivity contribution >= 4 is 0 Å². The third kappa shape index (κ3) is 4.30. The van der Waals surface area contributed by atoms with Crippen molar-refractivity contribution in [1.29, 1.82) is 0 Å². The van der Waals surface area contributed by atoms with Crippen molar-refractivity contribution in [2.75, 3.05) is 19.6 Å². The van der Waals surface area contributed by atoms with E-state index in [-0.39, 0.29) is 5.82 Å². The maximum Gasteiger partial charge on any atom is 0.124 e. The minimum absolute atomic E-state index is 0.242. The van der Waals surface area contributed by atoms with Crippen molar-refractivity contribution in [2.45, 2.75) is 33.7 Å². The van der Waals surface area contributed by atoms with Crippen LogP contribution in [0.15, 0.2) is 18.2 Å². The topological polar surface area (TPSA) is 29.3 Å². The highest BCUT2D eigenvalue weighted by Gasteiger charge is 2.31. The Hall–Kier alpha value is -1.37. The van der Waals surface area contributed by atoms with Gasteiger partial charge in [0.15, 0.2) is 0 Å². The SMILES string of the molecule is CC(C)(C)C1CCN(Cc2ccc(F)cc2C#CCN)C1. The second-order valence-corrected chi connectivity index (χ2v) is 6.89. The summed E-state index contributed by atoms with van der Waals surface area (Å²) in [5.74, 6) is 6.29. The molecule has 3 heteroatoms. The number of likely N-dealkylation sites (tertiary alicyclic amines) is 1. The summed E-state index contributed by atoms with van der Waals surface area (Å²) in [6.45, 7) is 10.2. The molecule has 0 bridgehead atoms. The summed E-state index contributed by atoms with van der Waals surface area (Å²) in [7, 11) is 0. The summed E-state index contributed by atoms with van der Waals surface area (Å²) in [6.07, 6.45) is 1.23. The molecule has 2 rings (SSSR count). The Kier molecular flexibility index (Phi) is 5.03. The van der Waals surface area contributed by atoms with E-state index < -0.39 is 0 Å². The van der Waals surface area contributed by atoms with Crippen molar-refractivity contribution < 1.29 is 4.39 Å². The lowest BCUT2D eigenvalue weighted by Crippen LogP contribution is -2.26. The average Bonchev–Trinajstić information content (AvgIpc) is 2.87. The molecule has 1 aliphatic heterocycles. The summed E-state index contributed by atoms with van der Waals surface area (Å²) in [5.41, 5.74) is 7.62. The van der Waals surface area contributed by atoms with Gasteiger partial charge in [-0.1, -0.05) is 38.7 Å². The molecule has 114 valence electrons. The molecular formula is C18H25FN2. The maximum atomic E-state index is 13.4. The number of hydrogen-bond donors (Lipinski definition) is 1. The van der Waals surface area contributed by atoms with Gasteiger partial charge in [0.1, 0.15) is 5.82 Å². The zero-order valence-corrected chi connectivity index (χ0v) is 13.2. The fourth-order valence-electron chi connectivity index (χ4n) is 2.87. The summed E-state index contributed by atoms with van der Waals surface area (Å²) in [4.78, 5) is 2.44. The van der Waals surface area contributed by atoms with E-state index >= 15 is 0 Å². The fourth-order valence-corrected chi connectivity index (χ4v) is 2.87. The summed E-state index contributed by atoms with van der Waals surface area (Å²) in [6, 6.07) is 4.87. The molecule has 1 fully saturated rings. The molecule has 0 radical (unpaired) electrons. The van der Waals surface area contributed by atoms with E-state index in [1.165, 1.54) is 18.6 Å². The molecule has 0 amide bonds. The van der Waals surface area contributed by atoms with E-state index in [0.717, 1.165) is 36.7 Å². The molecule has 2 N–H and O–H groups in total. The molecule has 2 nitrogen and oxygen atoms in total. The first-order chi connectivity index (χ1) is 9.90. The Labute approximate surface area is 127 Å². The number of nitrogens with zero attached hydrogens (tertiary/aromatic N) is 1. The van der Waals surface area contributed by atoms with Crippen molar-refractivity contribution in [3.63, 3.8) is 0 Å². The normalized spacial score (nSPS) is 19.4. The number of nitrogens with two attached hydrogens (primary N) is 1. The van der Waals surface area contributed by atoms with Gasteiger partial charge >= 0.3 is 0 Å². The molecule has 21 heavy (non-hydrogen) atoms. The predicted octanol–water partition coefficient (Wildman–Crippen LogP) is 3.00. The molecule has 0 spiro atoms. The van der Waals surface area contributed by atoms with Crippen molar-refractivity contribution in [3.8, 4) is 11.8 Å². The van der Waals surface area contributed by atoms with E-state index in [2.05, 4.69) is 37.5 Å². The number of rotatable bonds is 2. The third-order valence-electron chi connectivity index (χ3n) is 4.29. The van der Waals surface area contributed by atoms with E-state index in [0.29, 0.717) is 12.0 Å². The fraction of sp³-hybridized carbons (Fsp3) is 0.556. The highest BCUT2D eigenvalue weighted by Crippen LogP contribution is 2.34. The lowest BCUT2D eigenvalue weighted by molar-refractivity contribution is 0.226. The van der Waals surface area contributed by atoms with E-state index in [4.69, 9.17) is 5.73 Å². The highest BCUT2D eigenvalue weighted by molar-refractivity contribution is 5.42. The Morgan fingerprint density at radius 2 is 2.14 bits per heavy atom. The Morgan fingerprint density at radius 3 is 2.76 bits per heavy atom. The molecule has 0 saturated carbocycles. The van der Waals surface area contributed by atoms with Crippen LogP contribution in [0.2, 0.25) is 0 Å². The predicted molar refractivity (Wildman–Crippen MR) is 85.2 cm³/mol. The number of benzene rings is 1. The van der Waals surface area contributed by atoms with Gasteiger partial charge in [-0.25, -0.2) is 4.39 Å². The van der Waals surface area contributed by atoms with Crippen LogP contribution >= 0.6 is 0 Å². The zero-order valence-electron chi connectivity index (χ0n) is 13.2. The van der Waals surface area contributed by atoms with Gasteiger partial charge < -0.3 is 5.73 Å². The van der Waals surface area contributed by atoms with Crippen molar-refractivity contribution in [2.24, 2.45) is 17.1 Å². The third-order valence-corrected chi connectivity index (χ3v) is 4.29. The lowest BCUT2D eigenvalue weighted by atomic mass is 9.80. The molecule has 1 unspecified atom stereocenters. The first-order valence-corrected chi connectivity index (χ1v) is 7.60. The standard InChI is InChI=1S/C18H25FN2/c1-18(2,3)16-8-10-21(13-16)12-15-6-7-17(19)11-14(15)5-4-9-20/h6-7,11,16H,8-10,12-13,20H2,1-3H3. The summed E-state index contributed by atoms with van der Waals surface area (Å²) in [5, 5.41) is 0. The van der Waals surface area contributed by atoms with Crippen LogP contribution < -0.4 is 5.73 Å². The molecule has 1 atom stereocenters. The molecule has 1 saturated heterocycles. The van der Waals surface area contributed by atoms with Crippen LogP contribution in [0.25, 0.3) is 0 Å². The van der Waals surface area contributed by atoms with Crippen LogP contribution in [-0.4, -0.2) is 24.5 Å².